The molecule has 0 N–H and O–H groups in total. The van der Waals surface area contributed by atoms with Gasteiger partial charge in [-0.15, -0.1) is 0 Å². The average molecular weight is 507 g/mol. The van der Waals surface area contributed by atoms with E-state index in [9.17, 15) is 8.42 Å². The zero-order valence-electron chi connectivity index (χ0n) is 12.1. The van der Waals surface area contributed by atoms with E-state index in [1.54, 1.807) is 0 Å². The third-order valence-electron chi connectivity index (χ3n) is 4.41. The highest BCUT2D eigenvalue weighted by Crippen LogP contribution is 2.43. The fraction of sp³-hybridized carbons (Fsp3) is 0.769. The van der Waals surface area contributed by atoms with Crippen LogP contribution >= 0.6 is 47.8 Å². The van der Waals surface area contributed by atoms with Crippen LogP contribution in [0.1, 0.15) is 17.8 Å². The summed E-state index contributed by atoms with van der Waals surface area (Å²) >= 11 is 10.9. The Hall–Kier alpha value is 0.600. The summed E-state index contributed by atoms with van der Waals surface area (Å²) in [4.78, 5) is 0. The predicted molar refractivity (Wildman–Crippen MR) is 96.1 cm³/mol. The second-order valence-corrected chi connectivity index (χ2v) is 10.0. The average Bonchev–Trinajstić information content (AvgIpc) is 2.90. The Labute approximate surface area is 151 Å². The third kappa shape index (κ3) is 3.58. The van der Waals surface area contributed by atoms with E-state index in [-0.39, 0.29) is 11.3 Å². The minimum atomic E-state index is -2.88. The Morgan fingerprint density at radius 3 is 2.38 bits per heavy atom. The summed E-state index contributed by atoms with van der Waals surface area (Å²) in [7, 11) is -0.946. The van der Waals surface area contributed by atoms with Crippen molar-refractivity contribution in [3.05, 3.63) is 15.9 Å². The van der Waals surface area contributed by atoms with Crippen LogP contribution in [0.15, 0.2) is 4.47 Å². The molecule has 1 aromatic heterocycles. The van der Waals surface area contributed by atoms with Gasteiger partial charge in [0.25, 0.3) is 0 Å². The van der Waals surface area contributed by atoms with Gasteiger partial charge in [0.15, 0.2) is 9.84 Å². The molecule has 1 unspecified atom stereocenters. The van der Waals surface area contributed by atoms with Gasteiger partial charge in [0.1, 0.15) is 0 Å². The molecule has 0 aliphatic carbocycles. The quantitative estimate of drug-likeness (QED) is 0.576. The molecular formula is C13H19Br3N2O2S. The van der Waals surface area contributed by atoms with Gasteiger partial charge in [-0.25, -0.2) is 8.42 Å². The maximum absolute atomic E-state index is 11.9. The van der Waals surface area contributed by atoms with Gasteiger partial charge < -0.3 is 0 Å². The molecule has 120 valence electrons. The molecule has 1 aromatic rings. The second kappa shape index (κ2) is 6.61. The van der Waals surface area contributed by atoms with Gasteiger partial charge in [-0.1, -0.05) is 31.9 Å². The molecule has 1 fully saturated rings. The lowest BCUT2D eigenvalue weighted by Gasteiger charge is -2.35. The first-order valence-electron chi connectivity index (χ1n) is 6.75. The molecule has 1 saturated heterocycles. The molecule has 0 bridgehead atoms. The molecule has 1 atom stereocenters. The third-order valence-corrected chi connectivity index (χ3v) is 9.44. The number of aromatic nitrogens is 2. The van der Waals surface area contributed by atoms with Crippen molar-refractivity contribution in [3.8, 4) is 0 Å². The van der Waals surface area contributed by atoms with Crippen LogP contribution < -0.4 is 0 Å². The van der Waals surface area contributed by atoms with Crippen LogP contribution in [-0.4, -0.2) is 40.4 Å². The predicted octanol–water partition coefficient (Wildman–Crippen LogP) is 3.24. The maximum atomic E-state index is 11.9. The van der Waals surface area contributed by atoms with Crippen molar-refractivity contribution in [2.24, 2.45) is 18.4 Å². The van der Waals surface area contributed by atoms with Crippen molar-refractivity contribution in [2.45, 2.75) is 19.8 Å². The smallest absolute Gasteiger partial charge is 0.150 e. The van der Waals surface area contributed by atoms with Crippen LogP contribution in [0.25, 0.3) is 0 Å². The number of halogens is 3. The van der Waals surface area contributed by atoms with Crippen LogP contribution in [0.2, 0.25) is 0 Å². The zero-order valence-corrected chi connectivity index (χ0v) is 17.6. The van der Waals surface area contributed by atoms with E-state index >= 15 is 0 Å². The molecule has 1 aliphatic rings. The van der Waals surface area contributed by atoms with Crippen molar-refractivity contribution in [1.29, 1.82) is 0 Å². The number of nitrogens with zero attached hydrogens (tertiary/aromatic N) is 2. The first kappa shape index (κ1) is 17.9. The molecule has 4 nitrogen and oxygen atoms in total. The maximum Gasteiger partial charge on any atom is 0.150 e. The molecule has 1 aliphatic heterocycles. The Morgan fingerprint density at radius 2 is 2.00 bits per heavy atom. The van der Waals surface area contributed by atoms with Crippen LogP contribution in [0.3, 0.4) is 0 Å². The zero-order chi connectivity index (χ0) is 15.8. The molecule has 2 rings (SSSR count). The van der Waals surface area contributed by atoms with Crippen LogP contribution in [-0.2, 0) is 23.3 Å². The number of sulfone groups is 1. The summed E-state index contributed by atoms with van der Waals surface area (Å²) in [5, 5.41) is 5.97. The van der Waals surface area contributed by atoms with Crippen molar-refractivity contribution in [1.82, 2.24) is 9.78 Å². The summed E-state index contributed by atoms with van der Waals surface area (Å²) in [6, 6.07) is 0. The summed E-state index contributed by atoms with van der Waals surface area (Å²) in [6.45, 7) is 1.97. The molecule has 0 spiro atoms. The molecule has 0 amide bonds. The molecule has 21 heavy (non-hydrogen) atoms. The van der Waals surface area contributed by atoms with Gasteiger partial charge in [0, 0.05) is 17.7 Å². The largest absolute Gasteiger partial charge is 0.271 e. The number of alkyl halides is 2. The van der Waals surface area contributed by atoms with E-state index in [0.717, 1.165) is 39.4 Å². The number of aryl methyl sites for hydroxylation is 2. The number of rotatable bonds is 5. The van der Waals surface area contributed by atoms with Gasteiger partial charge in [0.05, 0.1) is 27.4 Å². The van der Waals surface area contributed by atoms with E-state index in [4.69, 9.17) is 0 Å². The first-order valence-corrected chi connectivity index (χ1v) is 11.6. The first-order chi connectivity index (χ1) is 9.74. The number of hydrogen-bond acceptors (Lipinski definition) is 3. The van der Waals surface area contributed by atoms with Gasteiger partial charge in [-0.2, -0.15) is 5.10 Å². The van der Waals surface area contributed by atoms with E-state index < -0.39 is 9.84 Å². The highest BCUT2D eigenvalue weighted by atomic mass is 79.9. The van der Waals surface area contributed by atoms with Crippen molar-refractivity contribution < 1.29 is 8.42 Å². The fourth-order valence-electron chi connectivity index (χ4n) is 2.98. The monoisotopic (exact) mass is 504 g/mol. The summed E-state index contributed by atoms with van der Waals surface area (Å²) in [5.41, 5.74) is 1.96. The van der Waals surface area contributed by atoms with Crippen molar-refractivity contribution in [3.63, 3.8) is 0 Å². The molecule has 0 aromatic carbocycles. The Balaban J connectivity index is 2.35. The van der Waals surface area contributed by atoms with E-state index in [0.29, 0.717) is 11.5 Å². The van der Waals surface area contributed by atoms with Crippen LogP contribution in [0.4, 0.5) is 0 Å². The van der Waals surface area contributed by atoms with E-state index in [1.165, 1.54) is 0 Å². The van der Waals surface area contributed by atoms with E-state index in [2.05, 4.69) is 52.9 Å². The Morgan fingerprint density at radius 1 is 1.38 bits per heavy atom. The van der Waals surface area contributed by atoms with Gasteiger partial charge in [-0.05, 0) is 47.0 Å². The highest BCUT2D eigenvalue weighted by molar-refractivity contribution is 9.10. The molecule has 2 heterocycles. The molecule has 0 radical (unpaired) electrons. The highest BCUT2D eigenvalue weighted by Gasteiger charge is 2.44. The SMILES string of the molecule is Cc1nn(C)c(CC(CBr)(CBr)C2CCS(=O)(=O)C2)c1Br. The summed E-state index contributed by atoms with van der Waals surface area (Å²) in [5.74, 6) is 0.771. The summed E-state index contributed by atoms with van der Waals surface area (Å²) in [6.07, 6.45) is 1.54. The van der Waals surface area contributed by atoms with Crippen molar-refractivity contribution in [2.75, 3.05) is 22.2 Å². The normalized spacial score (nSPS) is 21.9. The minimum absolute atomic E-state index is 0.119. The Kier molecular flexibility index (Phi) is 5.65. The lowest BCUT2D eigenvalue weighted by Crippen LogP contribution is -2.38. The molecule has 0 saturated carbocycles. The second-order valence-electron chi connectivity index (χ2n) is 5.88. The topological polar surface area (TPSA) is 52.0 Å². The van der Waals surface area contributed by atoms with Crippen LogP contribution in [0, 0.1) is 18.3 Å². The fourth-order valence-corrected chi connectivity index (χ4v) is 7.64. The lowest BCUT2D eigenvalue weighted by atomic mass is 9.75. The lowest BCUT2D eigenvalue weighted by molar-refractivity contribution is 0.247. The van der Waals surface area contributed by atoms with Gasteiger partial charge >= 0.3 is 0 Å². The summed E-state index contributed by atoms with van der Waals surface area (Å²) < 4.78 is 26.6. The van der Waals surface area contributed by atoms with Crippen molar-refractivity contribution >= 4 is 57.6 Å². The van der Waals surface area contributed by atoms with E-state index in [1.807, 2.05) is 18.7 Å². The molecule has 8 heteroatoms. The number of hydrogen-bond donors (Lipinski definition) is 0. The Bertz CT molecular complexity index is 624. The molecular weight excluding hydrogens is 488 g/mol. The standard InChI is InChI=1S/C13H19Br3N2O2S/c1-9-12(16)11(18(2)17-9)5-13(7-14,8-15)10-3-4-21(19,20)6-10/h10H,3-8H2,1-2H3. The van der Waals surface area contributed by atoms with Gasteiger partial charge in [-0.3, -0.25) is 4.68 Å². The van der Waals surface area contributed by atoms with Crippen LogP contribution in [0.5, 0.6) is 0 Å². The minimum Gasteiger partial charge on any atom is -0.271 e. The van der Waals surface area contributed by atoms with Gasteiger partial charge in [0.2, 0.25) is 0 Å².